The Hall–Kier alpha value is -0.730. The van der Waals surface area contributed by atoms with Crippen LogP contribution in [-0.2, 0) is 9.53 Å². The highest BCUT2D eigenvalue weighted by Crippen LogP contribution is 1.97. The predicted molar refractivity (Wildman–Crippen MR) is 77.7 cm³/mol. The molecule has 0 radical (unpaired) electrons. The molecule has 1 saturated heterocycles. The summed E-state index contributed by atoms with van der Waals surface area (Å²) in [6.07, 6.45) is -0.426. The fourth-order valence-corrected chi connectivity index (χ4v) is 2.27. The minimum absolute atomic E-state index is 0.0427. The number of amides is 1. The second-order valence-electron chi connectivity index (χ2n) is 5.24. The zero-order valence-corrected chi connectivity index (χ0v) is 12.6. The number of methoxy groups -OCH3 is 1. The number of nitrogens with zero attached hydrogens (tertiary/aromatic N) is 2. The number of hydrogen-bond donors (Lipinski definition) is 3. The Bertz CT molecular complexity index is 272. The molecule has 0 saturated carbocycles. The van der Waals surface area contributed by atoms with Gasteiger partial charge in [0.2, 0.25) is 5.91 Å². The van der Waals surface area contributed by atoms with Gasteiger partial charge in [0.15, 0.2) is 0 Å². The van der Waals surface area contributed by atoms with Crippen molar-refractivity contribution in [3.05, 3.63) is 0 Å². The average Bonchev–Trinajstić information content (AvgIpc) is 2.39. The third-order valence-corrected chi connectivity index (χ3v) is 3.24. The first kappa shape index (κ1) is 17.3. The van der Waals surface area contributed by atoms with Crippen molar-refractivity contribution in [2.75, 3.05) is 73.1 Å². The third kappa shape index (κ3) is 7.76. The van der Waals surface area contributed by atoms with E-state index >= 15 is 0 Å². The Balaban J connectivity index is 2.13. The highest BCUT2D eigenvalue weighted by Gasteiger charge is 2.16. The number of β-amino-alcohol motifs (C(OH)–C–C–N with tert-alkyl or cyclic N) is 1. The number of aliphatic hydroxyl groups is 1. The number of aliphatic hydroxyl groups excluding tert-OH is 1. The standard InChI is InChI=1S/C13H28N4O3/c1-16(11-13(19)15-5-8-20-2)9-12(18)10-17-6-3-14-4-7-17/h12,14,18H,3-11H2,1-2H3,(H,15,19). The first-order chi connectivity index (χ1) is 9.61. The zero-order chi connectivity index (χ0) is 14.8. The molecule has 1 fully saturated rings. The molecule has 0 aromatic heterocycles. The molecule has 1 unspecified atom stereocenters. The van der Waals surface area contributed by atoms with Crippen LogP contribution in [0.25, 0.3) is 0 Å². The minimum atomic E-state index is -0.426. The summed E-state index contributed by atoms with van der Waals surface area (Å²) in [5, 5.41) is 16.1. The maximum Gasteiger partial charge on any atom is 0.234 e. The molecule has 1 aliphatic heterocycles. The van der Waals surface area contributed by atoms with Crippen LogP contribution in [0.5, 0.6) is 0 Å². The Labute approximate surface area is 121 Å². The highest BCUT2D eigenvalue weighted by molar-refractivity contribution is 5.77. The molecular formula is C13H28N4O3. The molecule has 0 aliphatic carbocycles. The highest BCUT2D eigenvalue weighted by atomic mass is 16.5. The van der Waals surface area contributed by atoms with E-state index in [1.165, 1.54) is 0 Å². The van der Waals surface area contributed by atoms with Gasteiger partial charge in [0, 0.05) is 52.9 Å². The van der Waals surface area contributed by atoms with Gasteiger partial charge in [-0.2, -0.15) is 0 Å². The van der Waals surface area contributed by atoms with Crippen LogP contribution in [0.2, 0.25) is 0 Å². The lowest BCUT2D eigenvalue weighted by atomic mass is 10.2. The third-order valence-electron chi connectivity index (χ3n) is 3.24. The van der Waals surface area contributed by atoms with Crippen LogP contribution in [0.15, 0.2) is 0 Å². The molecule has 1 atom stereocenters. The summed E-state index contributed by atoms with van der Waals surface area (Å²) in [5.74, 6) is -0.0427. The van der Waals surface area contributed by atoms with Gasteiger partial charge >= 0.3 is 0 Å². The van der Waals surface area contributed by atoms with Crippen LogP contribution in [0.3, 0.4) is 0 Å². The van der Waals surface area contributed by atoms with Crippen molar-refractivity contribution in [3.8, 4) is 0 Å². The number of ether oxygens (including phenoxy) is 1. The van der Waals surface area contributed by atoms with Gasteiger partial charge in [0.05, 0.1) is 19.3 Å². The van der Waals surface area contributed by atoms with Crippen LogP contribution in [-0.4, -0.2) is 100 Å². The molecule has 20 heavy (non-hydrogen) atoms. The van der Waals surface area contributed by atoms with Crippen molar-refractivity contribution in [1.29, 1.82) is 0 Å². The van der Waals surface area contributed by atoms with E-state index in [9.17, 15) is 9.90 Å². The van der Waals surface area contributed by atoms with Crippen molar-refractivity contribution in [1.82, 2.24) is 20.4 Å². The lowest BCUT2D eigenvalue weighted by molar-refractivity contribution is -0.122. The van der Waals surface area contributed by atoms with Gasteiger partial charge in [-0.25, -0.2) is 0 Å². The van der Waals surface area contributed by atoms with Gasteiger partial charge in [-0.05, 0) is 7.05 Å². The molecular weight excluding hydrogens is 260 g/mol. The fraction of sp³-hybridized carbons (Fsp3) is 0.923. The first-order valence-electron chi connectivity index (χ1n) is 7.17. The van der Waals surface area contributed by atoms with Crippen LogP contribution in [0.4, 0.5) is 0 Å². The second-order valence-corrected chi connectivity index (χ2v) is 5.24. The molecule has 1 aliphatic rings. The van der Waals surface area contributed by atoms with Gasteiger partial charge in [-0.1, -0.05) is 0 Å². The Morgan fingerprint density at radius 2 is 2.20 bits per heavy atom. The Morgan fingerprint density at radius 3 is 2.85 bits per heavy atom. The SMILES string of the molecule is COCCNC(=O)CN(C)CC(O)CN1CCNCC1. The van der Waals surface area contributed by atoms with E-state index in [1.54, 1.807) is 7.11 Å². The Kier molecular flexibility index (Phi) is 8.72. The number of nitrogens with one attached hydrogen (secondary N) is 2. The van der Waals surface area contributed by atoms with Crippen molar-refractivity contribution in [3.63, 3.8) is 0 Å². The van der Waals surface area contributed by atoms with E-state index in [2.05, 4.69) is 15.5 Å². The summed E-state index contributed by atoms with van der Waals surface area (Å²) >= 11 is 0. The topological polar surface area (TPSA) is 77.1 Å². The number of hydrogen-bond acceptors (Lipinski definition) is 6. The molecule has 0 spiro atoms. The van der Waals surface area contributed by atoms with Gasteiger partial charge in [-0.3, -0.25) is 14.6 Å². The van der Waals surface area contributed by atoms with Gasteiger partial charge in [0.1, 0.15) is 0 Å². The van der Waals surface area contributed by atoms with Crippen LogP contribution < -0.4 is 10.6 Å². The van der Waals surface area contributed by atoms with Gasteiger partial charge < -0.3 is 20.5 Å². The maximum atomic E-state index is 11.6. The summed E-state index contributed by atoms with van der Waals surface area (Å²) < 4.78 is 4.87. The van der Waals surface area contributed by atoms with Gasteiger partial charge in [0.25, 0.3) is 0 Å². The molecule has 1 heterocycles. The first-order valence-corrected chi connectivity index (χ1v) is 7.17. The molecule has 1 amide bonds. The molecule has 0 aromatic carbocycles. The molecule has 1 rings (SSSR count). The minimum Gasteiger partial charge on any atom is -0.390 e. The second kappa shape index (κ2) is 10.1. The lowest BCUT2D eigenvalue weighted by Crippen LogP contribution is -2.48. The summed E-state index contributed by atoms with van der Waals surface area (Å²) in [4.78, 5) is 15.7. The van der Waals surface area contributed by atoms with E-state index in [1.807, 2.05) is 11.9 Å². The summed E-state index contributed by atoms with van der Waals surface area (Å²) in [6.45, 7) is 6.39. The van der Waals surface area contributed by atoms with E-state index in [0.717, 1.165) is 26.2 Å². The molecule has 0 bridgehead atoms. The predicted octanol–water partition coefficient (Wildman–Crippen LogP) is -2.05. The van der Waals surface area contributed by atoms with Gasteiger partial charge in [-0.15, -0.1) is 0 Å². The number of likely N-dealkylation sites (N-methyl/N-ethyl adjacent to an activating group) is 1. The van der Waals surface area contributed by atoms with Crippen LogP contribution in [0.1, 0.15) is 0 Å². The largest absolute Gasteiger partial charge is 0.390 e. The Morgan fingerprint density at radius 1 is 1.50 bits per heavy atom. The van der Waals surface area contributed by atoms with E-state index in [-0.39, 0.29) is 5.91 Å². The lowest BCUT2D eigenvalue weighted by Gasteiger charge is -2.30. The maximum absolute atomic E-state index is 11.6. The number of piperazine rings is 1. The average molecular weight is 288 g/mol. The van der Waals surface area contributed by atoms with E-state index in [0.29, 0.717) is 32.8 Å². The van der Waals surface area contributed by atoms with Crippen LogP contribution in [0, 0.1) is 0 Å². The number of rotatable bonds is 9. The number of carbonyl (C=O) groups is 1. The summed E-state index contributed by atoms with van der Waals surface area (Å²) in [5.41, 5.74) is 0. The van der Waals surface area contributed by atoms with Crippen molar-refractivity contribution in [2.45, 2.75) is 6.10 Å². The number of carbonyl (C=O) groups excluding carboxylic acids is 1. The van der Waals surface area contributed by atoms with E-state index in [4.69, 9.17) is 4.74 Å². The monoisotopic (exact) mass is 288 g/mol. The van der Waals surface area contributed by atoms with Crippen LogP contribution >= 0.6 is 0 Å². The summed E-state index contributed by atoms with van der Waals surface area (Å²) in [7, 11) is 3.45. The molecule has 118 valence electrons. The van der Waals surface area contributed by atoms with Crippen molar-refractivity contribution in [2.24, 2.45) is 0 Å². The normalized spacial score (nSPS) is 18.2. The molecule has 3 N–H and O–H groups in total. The van der Waals surface area contributed by atoms with Crippen molar-refractivity contribution < 1.29 is 14.6 Å². The molecule has 0 aromatic rings. The van der Waals surface area contributed by atoms with Crippen molar-refractivity contribution >= 4 is 5.91 Å². The zero-order valence-electron chi connectivity index (χ0n) is 12.6. The van der Waals surface area contributed by atoms with E-state index < -0.39 is 6.10 Å². The quantitative estimate of drug-likeness (QED) is 0.424. The molecule has 7 nitrogen and oxygen atoms in total. The molecule has 7 heteroatoms. The fourth-order valence-electron chi connectivity index (χ4n) is 2.27. The smallest absolute Gasteiger partial charge is 0.234 e. The summed E-state index contributed by atoms with van der Waals surface area (Å²) in [6, 6.07) is 0.